The Labute approximate surface area is 158 Å². The summed E-state index contributed by atoms with van der Waals surface area (Å²) >= 11 is 5.61. The fraction of sp³-hybridized carbons (Fsp3) is 0.500. The maximum Gasteiger partial charge on any atom is 0.471 e. The van der Waals surface area contributed by atoms with Crippen molar-refractivity contribution in [3.05, 3.63) is 24.2 Å². The first kappa shape index (κ1) is 19.4. The molecule has 0 radical (unpaired) electrons. The zero-order valence-corrected chi connectivity index (χ0v) is 15.0. The summed E-state index contributed by atoms with van der Waals surface area (Å²) in [5.74, 6) is -0.331. The Balaban J connectivity index is 1.60. The lowest BCUT2D eigenvalue weighted by Crippen LogP contribution is -2.49. The maximum atomic E-state index is 12.5. The number of pyridine rings is 1. The van der Waals surface area contributed by atoms with Gasteiger partial charge in [0.2, 0.25) is 11.7 Å². The van der Waals surface area contributed by atoms with Crippen LogP contribution in [0.1, 0.15) is 18.7 Å². The zero-order chi connectivity index (χ0) is 19.4. The third-order valence-corrected chi connectivity index (χ3v) is 4.42. The van der Waals surface area contributed by atoms with E-state index in [1.807, 2.05) is 4.90 Å². The van der Waals surface area contributed by atoms with Crippen LogP contribution in [-0.2, 0) is 11.0 Å². The fourth-order valence-corrected chi connectivity index (χ4v) is 2.86. The first-order chi connectivity index (χ1) is 12.9. The van der Waals surface area contributed by atoms with Crippen LogP contribution < -0.4 is 4.90 Å². The van der Waals surface area contributed by atoms with Gasteiger partial charge < -0.3 is 14.3 Å². The van der Waals surface area contributed by atoms with E-state index < -0.39 is 12.1 Å². The second-order valence-corrected chi connectivity index (χ2v) is 6.36. The summed E-state index contributed by atoms with van der Waals surface area (Å²) in [6, 6.07) is 3.27. The lowest BCUT2D eigenvalue weighted by molar-refractivity contribution is -0.159. The number of alkyl halides is 4. The number of hydrogen-bond donors (Lipinski definition) is 0. The summed E-state index contributed by atoms with van der Waals surface area (Å²) in [7, 11) is 0. The molecule has 7 nitrogen and oxygen atoms in total. The van der Waals surface area contributed by atoms with E-state index in [9.17, 15) is 18.0 Å². The average Bonchev–Trinajstić information content (AvgIpc) is 3.17. The molecule has 0 N–H and O–H groups in total. The smallest absolute Gasteiger partial charge is 0.353 e. The number of rotatable bonds is 5. The van der Waals surface area contributed by atoms with Crippen LogP contribution in [0.25, 0.3) is 11.4 Å². The number of carbonyl (C=O) groups is 1. The third-order valence-electron chi connectivity index (χ3n) is 4.16. The summed E-state index contributed by atoms with van der Waals surface area (Å²) in [6.45, 7) is 2.42. The topological polar surface area (TPSA) is 75.4 Å². The number of aromatic nitrogens is 3. The molecule has 0 bridgehead atoms. The van der Waals surface area contributed by atoms with Crippen LogP contribution in [0.4, 0.5) is 19.0 Å². The Kier molecular flexibility index (Phi) is 5.83. The number of carbonyl (C=O) groups excluding carboxylic acids is 1. The highest BCUT2D eigenvalue weighted by Crippen LogP contribution is 2.29. The third kappa shape index (κ3) is 4.68. The molecule has 1 saturated heterocycles. The predicted molar refractivity (Wildman–Crippen MR) is 91.3 cm³/mol. The van der Waals surface area contributed by atoms with Gasteiger partial charge in [0.1, 0.15) is 5.82 Å². The minimum absolute atomic E-state index is 0.0937. The van der Waals surface area contributed by atoms with Crippen molar-refractivity contribution >= 4 is 23.3 Å². The van der Waals surface area contributed by atoms with Crippen LogP contribution in [0.3, 0.4) is 0 Å². The molecule has 2 aromatic heterocycles. The standard InChI is InChI=1S/C16H17ClF3N5O2/c17-5-1-2-13(26)25-8-6-24(7-9-25)12-4-3-11(10-21-12)14-22-15(27-23-14)16(18,19)20/h3-4,10H,1-2,5-9H2. The van der Waals surface area contributed by atoms with E-state index in [2.05, 4.69) is 19.6 Å². The van der Waals surface area contributed by atoms with Crippen LogP contribution in [-0.4, -0.2) is 58.0 Å². The van der Waals surface area contributed by atoms with Gasteiger partial charge >= 0.3 is 12.1 Å². The summed E-state index contributed by atoms with van der Waals surface area (Å²) < 4.78 is 41.8. The van der Waals surface area contributed by atoms with Crippen molar-refractivity contribution in [2.24, 2.45) is 0 Å². The van der Waals surface area contributed by atoms with Crippen LogP contribution in [0.5, 0.6) is 0 Å². The molecule has 1 fully saturated rings. The van der Waals surface area contributed by atoms with Crippen molar-refractivity contribution in [1.82, 2.24) is 20.0 Å². The highest BCUT2D eigenvalue weighted by molar-refractivity contribution is 6.17. The Morgan fingerprint density at radius 3 is 2.52 bits per heavy atom. The Hall–Kier alpha value is -2.36. The summed E-state index contributed by atoms with van der Waals surface area (Å²) in [5, 5.41) is 3.34. The molecule has 1 aliphatic heterocycles. The average molecular weight is 404 g/mol. The molecule has 27 heavy (non-hydrogen) atoms. The van der Waals surface area contributed by atoms with Gasteiger partial charge in [-0.15, -0.1) is 11.6 Å². The first-order valence-corrected chi connectivity index (χ1v) is 8.88. The molecular formula is C16H17ClF3N5O2. The van der Waals surface area contributed by atoms with Crippen molar-refractivity contribution in [3.63, 3.8) is 0 Å². The van der Waals surface area contributed by atoms with Crippen molar-refractivity contribution in [1.29, 1.82) is 0 Å². The van der Waals surface area contributed by atoms with Gasteiger partial charge in [0, 0.05) is 50.2 Å². The molecule has 11 heteroatoms. The molecule has 0 saturated carbocycles. The van der Waals surface area contributed by atoms with Gasteiger partial charge in [0.15, 0.2) is 0 Å². The van der Waals surface area contributed by atoms with E-state index in [1.165, 1.54) is 6.20 Å². The number of anilines is 1. The lowest BCUT2D eigenvalue weighted by Gasteiger charge is -2.35. The molecule has 0 aliphatic carbocycles. The molecule has 1 amide bonds. The molecular weight excluding hydrogens is 387 g/mol. The minimum Gasteiger partial charge on any atom is -0.353 e. The second kappa shape index (κ2) is 8.12. The van der Waals surface area contributed by atoms with Crippen LogP contribution in [0.15, 0.2) is 22.9 Å². The number of piperazine rings is 1. The van der Waals surface area contributed by atoms with Gasteiger partial charge in [0.05, 0.1) is 0 Å². The Morgan fingerprint density at radius 2 is 1.96 bits per heavy atom. The molecule has 0 aromatic carbocycles. The normalized spacial score (nSPS) is 15.3. The van der Waals surface area contributed by atoms with Crippen molar-refractivity contribution < 1.29 is 22.5 Å². The van der Waals surface area contributed by atoms with Crippen molar-refractivity contribution in [3.8, 4) is 11.4 Å². The van der Waals surface area contributed by atoms with Gasteiger partial charge in [-0.3, -0.25) is 4.79 Å². The van der Waals surface area contributed by atoms with Crippen LogP contribution >= 0.6 is 11.6 Å². The molecule has 146 valence electrons. The number of amides is 1. The highest BCUT2D eigenvalue weighted by atomic mass is 35.5. The van der Waals surface area contributed by atoms with E-state index in [1.54, 1.807) is 17.0 Å². The summed E-state index contributed by atoms with van der Waals surface area (Å²) in [6.07, 6.45) is -2.17. The lowest BCUT2D eigenvalue weighted by atomic mass is 10.2. The Bertz CT molecular complexity index is 773. The maximum absolute atomic E-state index is 12.5. The number of hydrogen-bond acceptors (Lipinski definition) is 6. The second-order valence-electron chi connectivity index (χ2n) is 5.99. The van der Waals surface area contributed by atoms with E-state index in [0.29, 0.717) is 56.3 Å². The first-order valence-electron chi connectivity index (χ1n) is 8.34. The fourth-order valence-electron chi connectivity index (χ4n) is 2.72. The number of halogens is 4. The van der Waals surface area contributed by atoms with E-state index in [-0.39, 0.29) is 11.7 Å². The van der Waals surface area contributed by atoms with Crippen molar-refractivity contribution in [2.45, 2.75) is 19.0 Å². The molecule has 3 heterocycles. The van der Waals surface area contributed by atoms with E-state index >= 15 is 0 Å². The molecule has 2 aromatic rings. The van der Waals surface area contributed by atoms with Gasteiger partial charge in [-0.05, 0) is 18.6 Å². The minimum atomic E-state index is -4.68. The molecule has 1 aliphatic rings. The Morgan fingerprint density at radius 1 is 1.22 bits per heavy atom. The SMILES string of the molecule is O=C(CCCCl)N1CCN(c2ccc(-c3noc(C(F)(F)F)n3)cn2)CC1. The van der Waals surface area contributed by atoms with Gasteiger partial charge in [-0.2, -0.15) is 18.2 Å². The summed E-state index contributed by atoms with van der Waals surface area (Å²) in [4.78, 5) is 23.4. The number of nitrogens with zero attached hydrogens (tertiary/aromatic N) is 5. The monoisotopic (exact) mass is 403 g/mol. The zero-order valence-electron chi connectivity index (χ0n) is 14.2. The molecule has 0 atom stereocenters. The van der Waals surface area contributed by atoms with Crippen LogP contribution in [0.2, 0.25) is 0 Å². The largest absolute Gasteiger partial charge is 0.471 e. The van der Waals surface area contributed by atoms with Gasteiger partial charge in [0.25, 0.3) is 0 Å². The highest BCUT2D eigenvalue weighted by Gasteiger charge is 2.38. The summed E-state index contributed by atoms with van der Waals surface area (Å²) in [5.41, 5.74) is 0.327. The van der Waals surface area contributed by atoms with Crippen molar-refractivity contribution in [2.75, 3.05) is 37.0 Å². The predicted octanol–water partition coefficient (Wildman–Crippen LogP) is 2.82. The molecule has 0 spiro atoms. The van der Waals surface area contributed by atoms with E-state index in [0.717, 1.165) is 0 Å². The van der Waals surface area contributed by atoms with Gasteiger partial charge in [-0.1, -0.05) is 5.16 Å². The molecule has 0 unspecified atom stereocenters. The van der Waals surface area contributed by atoms with E-state index in [4.69, 9.17) is 11.6 Å². The molecule has 3 rings (SSSR count). The van der Waals surface area contributed by atoms with Crippen LogP contribution in [0, 0.1) is 0 Å². The van der Waals surface area contributed by atoms with Gasteiger partial charge in [-0.25, -0.2) is 4.98 Å². The quantitative estimate of drug-likeness (QED) is 0.715.